The summed E-state index contributed by atoms with van der Waals surface area (Å²) in [5.74, 6) is 0. The van der Waals surface area contributed by atoms with Gasteiger partial charge in [0, 0.05) is 24.8 Å². The Morgan fingerprint density at radius 2 is 2.00 bits per heavy atom. The minimum Gasteiger partial charge on any atom is -0.370 e. The minimum atomic E-state index is 0.261. The first-order valence-electron chi connectivity index (χ1n) is 6.48. The molecule has 1 fully saturated rings. The number of nitrogens with two attached hydrogens (primary N) is 1. The largest absolute Gasteiger partial charge is 0.370 e. The molecule has 94 valence electrons. The van der Waals surface area contributed by atoms with Gasteiger partial charge in [0.1, 0.15) is 0 Å². The van der Waals surface area contributed by atoms with Crippen LogP contribution in [0.4, 0.5) is 5.69 Å². The average molecular weight is 232 g/mol. The van der Waals surface area contributed by atoms with Crippen LogP contribution in [0.2, 0.25) is 0 Å². The second-order valence-electron chi connectivity index (χ2n) is 6.08. The molecule has 17 heavy (non-hydrogen) atoms. The Morgan fingerprint density at radius 1 is 1.29 bits per heavy atom. The van der Waals surface area contributed by atoms with Crippen molar-refractivity contribution in [2.75, 3.05) is 18.0 Å². The molecule has 0 amide bonds. The van der Waals surface area contributed by atoms with E-state index in [2.05, 4.69) is 50.8 Å². The van der Waals surface area contributed by atoms with Gasteiger partial charge in [-0.3, -0.25) is 0 Å². The molecule has 2 nitrogen and oxygen atoms in total. The SMILES string of the molecule is Cc1ccc(N2CCC(C)(C)C(N)C2)c(C)c1. The highest BCUT2D eigenvalue weighted by atomic mass is 15.2. The fraction of sp³-hybridized carbons (Fsp3) is 0.600. The fourth-order valence-corrected chi connectivity index (χ4v) is 2.56. The number of aryl methyl sites for hydroxylation is 2. The van der Waals surface area contributed by atoms with Crippen LogP contribution in [0.15, 0.2) is 18.2 Å². The molecule has 1 heterocycles. The van der Waals surface area contributed by atoms with Crippen LogP contribution < -0.4 is 10.6 Å². The third-order valence-electron chi connectivity index (χ3n) is 4.14. The Labute approximate surface area is 105 Å². The topological polar surface area (TPSA) is 29.3 Å². The van der Waals surface area contributed by atoms with Crippen molar-refractivity contribution in [2.45, 2.75) is 40.2 Å². The maximum absolute atomic E-state index is 6.28. The van der Waals surface area contributed by atoms with E-state index >= 15 is 0 Å². The van der Waals surface area contributed by atoms with Crippen LogP contribution in [0.1, 0.15) is 31.4 Å². The van der Waals surface area contributed by atoms with Crippen molar-refractivity contribution in [3.8, 4) is 0 Å². The van der Waals surface area contributed by atoms with Crippen molar-refractivity contribution in [2.24, 2.45) is 11.1 Å². The van der Waals surface area contributed by atoms with Crippen molar-refractivity contribution in [1.82, 2.24) is 0 Å². The van der Waals surface area contributed by atoms with Crippen molar-refractivity contribution in [3.63, 3.8) is 0 Å². The summed E-state index contributed by atoms with van der Waals surface area (Å²) in [6.45, 7) is 11.0. The molecule has 1 saturated heterocycles. The number of benzene rings is 1. The lowest BCUT2D eigenvalue weighted by Gasteiger charge is -2.43. The molecule has 1 aromatic rings. The third-order valence-corrected chi connectivity index (χ3v) is 4.14. The molecule has 2 N–H and O–H groups in total. The minimum absolute atomic E-state index is 0.261. The molecule has 0 saturated carbocycles. The second kappa shape index (κ2) is 4.34. The average Bonchev–Trinajstić information content (AvgIpc) is 2.23. The Kier molecular flexibility index (Phi) is 3.17. The van der Waals surface area contributed by atoms with Gasteiger partial charge in [-0.1, -0.05) is 31.5 Å². The zero-order valence-corrected chi connectivity index (χ0v) is 11.5. The highest BCUT2D eigenvalue weighted by Gasteiger charge is 2.33. The summed E-state index contributed by atoms with van der Waals surface area (Å²) in [5, 5.41) is 0. The summed E-state index contributed by atoms with van der Waals surface area (Å²) >= 11 is 0. The first-order valence-corrected chi connectivity index (χ1v) is 6.48. The molecule has 2 rings (SSSR count). The van der Waals surface area contributed by atoms with E-state index in [4.69, 9.17) is 5.73 Å². The number of hydrogen-bond donors (Lipinski definition) is 1. The van der Waals surface area contributed by atoms with E-state index in [9.17, 15) is 0 Å². The molecule has 1 aliphatic rings. The molecule has 1 unspecified atom stereocenters. The maximum atomic E-state index is 6.28. The van der Waals surface area contributed by atoms with Crippen LogP contribution in [-0.4, -0.2) is 19.1 Å². The summed E-state index contributed by atoms with van der Waals surface area (Å²) < 4.78 is 0. The number of piperidine rings is 1. The molecule has 2 heteroatoms. The van der Waals surface area contributed by atoms with Gasteiger partial charge >= 0.3 is 0 Å². The summed E-state index contributed by atoms with van der Waals surface area (Å²) in [7, 11) is 0. The van der Waals surface area contributed by atoms with Gasteiger partial charge in [0.2, 0.25) is 0 Å². The molecular weight excluding hydrogens is 208 g/mol. The lowest BCUT2D eigenvalue weighted by atomic mass is 9.78. The number of rotatable bonds is 1. The fourth-order valence-electron chi connectivity index (χ4n) is 2.56. The zero-order valence-electron chi connectivity index (χ0n) is 11.5. The van der Waals surface area contributed by atoms with Crippen LogP contribution in [0.3, 0.4) is 0 Å². The molecule has 1 aromatic carbocycles. The van der Waals surface area contributed by atoms with Gasteiger partial charge in [0.15, 0.2) is 0 Å². The number of hydrogen-bond acceptors (Lipinski definition) is 2. The van der Waals surface area contributed by atoms with Crippen molar-refractivity contribution < 1.29 is 0 Å². The number of anilines is 1. The molecular formula is C15H24N2. The summed E-state index contributed by atoms with van der Waals surface area (Å²) in [6, 6.07) is 6.93. The van der Waals surface area contributed by atoms with Crippen molar-refractivity contribution in [3.05, 3.63) is 29.3 Å². The van der Waals surface area contributed by atoms with Gasteiger partial charge in [-0.2, -0.15) is 0 Å². The standard InChI is InChI=1S/C15H24N2/c1-11-5-6-13(12(2)9-11)17-8-7-15(3,4)14(16)10-17/h5-6,9,14H,7-8,10,16H2,1-4H3. The van der Waals surface area contributed by atoms with Crippen molar-refractivity contribution >= 4 is 5.69 Å². The van der Waals surface area contributed by atoms with Crippen LogP contribution in [0, 0.1) is 19.3 Å². The highest BCUT2D eigenvalue weighted by Crippen LogP contribution is 2.32. The summed E-state index contributed by atoms with van der Waals surface area (Å²) in [5.41, 5.74) is 10.6. The lowest BCUT2D eigenvalue weighted by molar-refractivity contribution is 0.235. The molecule has 0 radical (unpaired) electrons. The van der Waals surface area contributed by atoms with Gasteiger partial charge in [0.25, 0.3) is 0 Å². The van der Waals surface area contributed by atoms with E-state index in [1.165, 1.54) is 23.2 Å². The van der Waals surface area contributed by atoms with Crippen molar-refractivity contribution in [1.29, 1.82) is 0 Å². The smallest absolute Gasteiger partial charge is 0.0396 e. The van der Waals surface area contributed by atoms with Crippen LogP contribution in [0.25, 0.3) is 0 Å². The van der Waals surface area contributed by atoms with E-state index in [-0.39, 0.29) is 11.5 Å². The predicted octanol–water partition coefficient (Wildman–Crippen LogP) is 2.87. The lowest BCUT2D eigenvalue weighted by Crippen LogP contribution is -2.53. The molecule has 0 spiro atoms. The van der Waals surface area contributed by atoms with Crippen LogP contribution in [-0.2, 0) is 0 Å². The Morgan fingerprint density at radius 3 is 2.59 bits per heavy atom. The Hall–Kier alpha value is -1.02. The summed E-state index contributed by atoms with van der Waals surface area (Å²) in [4.78, 5) is 2.44. The van der Waals surface area contributed by atoms with Crippen LogP contribution in [0.5, 0.6) is 0 Å². The predicted molar refractivity (Wildman–Crippen MR) is 74.5 cm³/mol. The van der Waals surface area contributed by atoms with E-state index in [0.29, 0.717) is 0 Å². The quantitative estimate of drug-likeness (QED) is 0.806. The first kappa shape index (κ1) is 12.4. The normalized spacial score (nSPS) is 23.8. The van der Waals surface area contributed by atoms with E-state index in [1.54, 1.807) is 0 Å². The summed E-state index contributed by atoms with van der Waals surface area (Å²) in [6.07, 6.45) is 1.17. The van der Waals surface area contributed by atoms with E-state index in [0.717, 1.165) is 13.1 Å². The van der Waals surface area contributed by atoms with Gasteiger partial charge < -0.3 is 10.6 Å². The monoisotopic (exact) mass is 232 g/mol. The van der Waals surface area contributed by atoms with E-state index < -0.39 is 0 Å². The molecule has 0 aromatic heterocycles. The van der Waals surface area contributed by atoms with E-state index in [1.807, 2.05) is 0 Å². The maximum Gasteiger partial charge on any atom is 0.0396 e. The van der Waals surface area contributed by atoms with Gasteiger partial charge in [-0.25, -0.2) is 0 Å². The first-order chi connectivity index (χ1) is 7.90. The van der Waals surface area contributed by atoms with Crippen LogP contribution >= 0.6 is 0 Å². The van der Waals surface area contributed by atoms with Gasteiger partial charge in [0.05, 0.1) is 0 Å². The molecule has 1 aliphatic heterocycles. The highest BCUT2D eigenvalue weighted by molar-refractivity contribution is 5.55. The number of nitrogens with zero attached hydrogens (tertiary/aromatic N) is 1. The Balaban J connectivity index is 2.19. The second-order valence-corrected chi connectivity index (χ2v) is 6.08. The van der Waals surface area contributed by atoms with Gasteiger partial charge in [-0.05, 0) is 37.3 Å². The molecule has 0 bridgehead atoms. The third kappa shape index (κ3) is 2.47. The Bertz CT molecular complexity index is 409. The molecule has 1 atom stereocenters. The molecule has 0 aliphatic carbocycles. The zero-order chi connectivity index (χ0) is 12.6. The van der Waals surface area contributed by atoms with Gasteiger partial charge in [-0.15, -0.1) is 0 Å².